The summed E-state index contributed by atoms with van der Waals surface area (Å²) < 4.78 is 38.1. The predicted octanol–water partition coefficient (Wildman–Crippen LogP) is 2.11. The smallest absolute Gasteiger partial charge is 0.394 e. The average Bonchev–Trinajstić information content (AvgIpc) is 2.27. The van der Waals surface area contributed by atoms with Crippen LogP contribution in [-0.4, -0.2) is 33.8 Å². The number of anilines is 2. The van der Waals surface area contributed by atoms with Crippen LogP contribution in [0.25, 0.3) is 0 Å². The first-order valence-corrected chi connectivity index (χ1v) is 5.77. The second-order valence-electron chi connectivity index (χ2n) is 4.66. The average molecular weight is 278 g/mol. The van der Waals surface area contributed by atoms with Crippen LogP contribution < -0.4 is 10.6 Å². The summed E-state index contributed by atoms with van der Waals surface area (Å²) >= 11 is 0. The molecule has 1 aromatic heterocycles. The molecule has 0 aliphatic rings. The van der Waals surface area contributed by atoms with Crippen LogP contribution in [0.2, 0.25) is 0 Å². The van der Waals surface area contributed by atoms with E-state index in [4.69, 9.17) is 5.11 Å². The van der Waals surface area contributed by atoms with Gasteiger partial charge in [0, 0.05) is 12.6 Å². The van der Waals surface area contributed by atoms with Crippen molar-refractivity contribution >= 4 is 11.8 Å². The number of nitrogens with zero attached hydrogens (tertiary/aromatic N) is 2. The van der Waals surface area contributed by atoms with Gasteiger partial charge >= 0.3 is 6.18 Å². The van der Waals surface area contributed by atoms with Crippen molar-refractivity contribution in [2.75, 3.05) is 23.8 Å². The Morgan fingerprint density at radius 1 is 1.26 bits per heavy atom. The molecule has 1 rings (SSSR count). The van der Waals surface area contributed by atoms with Crippen molar-refractivity contribution in [1.82, 2.24) is 9.97 Å². The zero-order valence-electron chi connectivity index (χ0n) is 11.0. The third-order valence-electron chi connectivity index (χ3n) is 2.21. The number of hydrogen-bond acceptors (Lipinski definition) is 5. The predicted molar refractivity (Wildman–Crippen MR) is 66.0 cm³/mol. The Morgan fingerprint density at radius 3 is 2.37 bits per heavy atom. The topological polar surface area (TPSA) is 70.1 Å². The van der Waals surface area contributed by atoms with E-state index in [2.05, 4.69) is 20.6 Å². The van der Waals surface area contributed by atoms with Crippen LogP contribution in [0.5, 0.6) is 0 Å². The van der Waals surface area contributed by atoms with E-state index >= 15 is 0 Å². The maximum atomic E-state index is 12.7. The van der Waals surface area contributed by atoms with Crippen molar-refractivity contribution in [1.29, 1.82) is 0 Å². The van der Waals surface area contributed by atoms with Gasteiger partial charge in [0.1, 0.15) is 5.82 Å². The Bertz CT molecular complexity index is 434. The van der Waals surface area contributed by atoms with Gasteiger partial charge in [-0.1, -0.05) is 0 Å². The fourth-order valence-electron chi connectivity index (χ4n) is 1.28. The maximum Gasteiger partial charge on any atom is 0.433 e. The Hall–Kier alpha value is -1.57. The number of nitrogens with one attached hydrogen (secondary N) is 2. The molecule has 0 radical (unpaired) electrons. The van der Waals surface area contributed by atoms with Gasteiger partial charge in [-0.3, -0.25) is 0 Å². The maximum absolute atomic E-state index is 12.7. The molecule has 8 heteroatoms. The molecule has 0 aromatic carbocycles. The molecule has 0 aliphatic carbocycles. The Kier molecular flexibility index (Phi) is 4.56. The number of alkyl halides is 3. The van der Waals surface area contributed by atoms with Crippen LogP contribution in [0.3, 0.4) is 0 Å². The number of aromatic nitrogens is 2. The van der Waals surface area contributed by atoms with Crippen molar-refractivity contribution in [2.45, 2.75) is 32.5 Å². The number of hydrogen-bond donors (Lipinski definition) is 3. The molecule has 0 atom stereocenters. The highest BCUT2D eigenvalue weighted by Crippen LogP contribution is 2.30. The fraction of sp³-hybridized carbons (Fsp3) is 0.636. The molecule has 108 valence electrons. The summed E-state index contributed by atoms with van der Waals surface area (Å²) in [6.45, 7) is 5.19. The zero-order chi connectivity index (χ0) is 14.7. The molecule has 0 spiro atoms. The summed E-state index contributed by atoms with van der Waals surface area (Å²) in [6.07, 6.45) is -4.55. The summed E-state index contributed by atoms with van der Waals surface area (Å²) in [6, 6.07) is 0.818. The lowest BCUT2D eigenvalue weighted by atomic mass is 10.1. The van der Waals surface area contributed by atoms with E-state index in [1.807, 2.05) is 0 Å². The second kappa shape index (κ2) is 5.60. The first kappa shape index (κ1) is 15.5. The minimum Gasteiger partial charge on any atom is -0.394 e. The van der Waals surface area contributed by atoms with Crippen LogP contribution in [-0.2, 0) is 6.18 Å². The Labute approximate surface area is 109 Å². The molecule has 0 amide bonds. The van der Waals surface area contributed by atoms with Gasteiger partial charge in [-0.2, -0.15) is 18.2 Å². The number of aliphatic hydroxyl groups excluding tert-OH is 1. The van der Waals surface area contributed by atoms with Gasteiger partial charge in [0.25, 0.3) is 0 Å². The minimum absolute atomic E-state index is 0.0114. The van der Waals surface area contributed by atoms with E-state index in [9.17, 15) is 13.2 Å². The summed E-state index contributed by atoms with van der Waals surface area (Å²) in [7, 11) is 0. The van der Waals surface area contributed by atoms with Crippen molar-refractivity contribution in [2.24, 2.45) is 0 Å². The highest BCUT2D eigenvalue weighted by molar-refractivity contribution is 5.44. The molecule has 1 aromatic rings. The molecule has 19 heavy (non-hydrogen) atoms. The second-order valence-corrected chi connectivity index (χ2v) is 4.66. The number of aliphatic hydroxyl groups is 1. The third kappa shape index (κ3) is 4.55. The first-order chi connectivity index (χ1) is 8.68. The molecule has 0 fully saturated rings. The van der Waals surface area contributed by atoms with E-state index in [0.29, 0.717) is 6.54 Å². The van der Waals surface area contributed by atoms with Gasteiger partial charge < -0.3 is 15.7 Å². The molecule has 3 N–H and O–H groups in total. The molecule has 0 aliphatic heterocycles. The van der Waals surface area contributed by atoms with Gasteiger partial charge in [0.2, 0.25) is 5.95 Å². The van der Waals surface area contributed by atoms with E-state index in [-0.39, 0.29) is 18.4 Å². The van der Waals surface area contributed by atoms with E-state index < -0.39 is 17.4 Å². The monoisotopic (exact) mass is 278 g/mol. The van der Waals surface area contributed by atoms with Crippen molar-refractivity contribution in [3.8, 4) is 0 Å². The lowest BCUT2D eigenvalue weighted by molar-refractivity contribution is -0.141. The third-order valence-corrected chi connectivity index (χ3v) is 2.21. The SMILES string of the molecule is CCNc1nc(NC(C)(C)CO)cc(C(F)(F)F)n1. The van der Waals surface area contributed by atoms with Crippen molar-refractivity contribution in [3.63, 3.8) is 0 Å². The quantitative estimate of drug-likeness (QED) is 0.769. The highest BCUT2D eigenvalue weighted by Gasteiger charge is 2.34. The molecule has 5 nitrogen and oxygen atoms in total. The van der Waals surface area contributed by atoms with Crippen molar-refractivity contribution < 1.29 is 18.3 Å². The molecular weight excluding hydrogens is 261 g/mol. The van der Waals surface area contributed by atoms with Crippen LogP contribution in [0.15, 0.2) is 6.07 Å². The molecule has 0 bridgehead atoms. The summed E-state index contributed by atoms with van der Waals surface area (Å²) in [5.41, 5.74) is -1.81. The van der Waals surface area contributed by atoms with Crippen molar-refractivity contribution in [3.05, 3.63) is 11.8 Å². The van der Waals surface area contributed by atoms with E-state index in [1.165, 1.54) is 0 Å². The van der Waals surface area contributed by atoms with E-state index in [1.54, 1.807) is 20.8 Å². The summed E-state index contributed by atoms with van der Waals surface area (Å²) in [5.74, 6) is -0.0918. The van der Waals surface area contributed by atoms with Gasteiger partial charge in [0.05, 0.1) is 12.1 Å². The molecule has 0 unspecified atom stereocenters. The lowest BCUT2D eigenvalue weighted by Gasteiger charge is -2.24. The van der Waals surface area contributed by atoms with Gasteiger partial charge in [0.15, 0.2) is 5.69 Å². The largest absolute Gasteiger partial charge is 0.433 e. The Morgan fingerprint density at radius 2 is 1.89 bits per heavy atom. The van der Waals surface area contributed by atoms with Gasteiger partial charge in [-0.15, -0.1) is 0 Å². The Balaban J connectivity index is 3.13. The normalized spacial score (nSPS) is 12.4. The van der Waals surface area contributed by atoms with E-state index in [0.717, 1.165) is 6.07 Å². The molecule has 0 saturated carbocycles. The first-order valence-electron chi connectivity index (χ1n) is 5.77. The van der Waals surface area contributed by atoms with Gasteiger partial charge in [-0.05, 0) is 20.8 Å². The lowest BCUT2D eigenvalue weighted by Crippen LogP contribution is -2.35. The highest BCUT2D eigenvalue weighted by atomic mass is 19.4. The fourth-order valence-corrected chi connectivity index (χ4v) is 1.28. The van der Waals surface area contributed by atoms with Gasteiger partial charge in [-0.25, -0.2) is 4.98 Å². The zero-order valence-corrected chi connectivity index (χ0v) is 11.0. The molecule has 0 saturated heterocycles. The van der Waals surface area contributed by atoms with Crippen LogP contribution >= 0.6 is 0 Å². The number of rotatable bonds is 5. The number of halogens is 3. The summed E-state index contributed by atoms with van der Waals surface area (Å²) in [4.78, 5) is 7.33. The standard InChI is InChI=1S/C11H17F3N4O/c1-4-15-9-16-7(11(12,13)14)5-8(17-9)18-10(2,3)6-19/h5,19H,4,6H2,1-3H3,(H2,15,16,17,18). The minimum atomic E-state index is -4.55. The van der Waals surface area contributed by atoms with Crippen LogP contribution in [0.1, 0.15) is 26.5 Å². The van der Waals surface area contributed by atoms with Crippen LogP contribution in [0.4, 0.5) is 24.9 Å². The molecule has 1 heterocycles. The summed E-state index contributed by atoms with van der Waals surface area (Å²) in [5, 5.41) is 14.5. The van der Waals surface area contributed by atoms with Crippen LogP contribution in [0, 0.1) is 0 Å². The molecular formula is C11H17F3N4O.